The van der Waals surface area contributed by atoms with E-state index in [0.29, 0.717) is 11.8 Å². The first-order chi connectivity index (χ1) is 8.16. The van der Waals surface area contributed by atoms with Crippen molar-refractivity contribution in [3.8, 4) is 0 Å². The number of hydrogen-bond acceptors (Lipinski definition) is 2. The summed E-state index contributed by atoms with van der Waals surface area (Å²) in [6.07, 6.45) is 14.0. The van der Waals surface area contributed by atoms with Crippen molar-refractivity contribution in [3.05, 3.63) is 47.6 Å². The van der Waals surface area contributed by atoms with Gasteiger partial charge in [-0.2, -0.15) is 0 Å². The lowest BCUT2D eigenvalue weighted by molar-refractivity contribution is 0.310. The van der Waals surface area contributed by atoms with Crippen LogP contribution in [-0.2, 0) is 0 Å². The molecular weight excluding hydrogens is 210 g/mol. The van der Waals surface area contributed by atoms with E-state index in [1.54, 1.807) is 0 Å². The highest BCUT2D eigenvalue weighted by molar-refractivity contribution is 6.10. The molecule has 2 nitrogen and oxygen atoms in total. The zero-order chi connectivity index (χ0) is 12.0. The van der Waals surface area contributed by atoms with E-state index in [0.717, 1.165) is 12.1 Å². The summed E-state index contributed by atoms with van der Waals surface area (Å²) < 4.78 is 0. The van der Waals surface area contributed by atoms with E-state index in [2.05, 4.69) is 49.4 Å². The SMILES string of the molecule is CC1C=CC2=C(C1)C(=NO)C1(C)C=CC=CC21. The second-order valence-corrected chi connectivity index (χ2v) is 5.43. The van der Waals surface area contributed by atoms with Gasteiger partial charge < -0.3 is 5.21 Å². The summed E-state index contributed by atoms with van der Waals surface area (Å²) in [7, 11) is 0. The number of allylic oxidation sites excluding steroid dienone is 8. The lowest BCUT2D eigenvalue weighted by atomic mass is 9.73. The van der Waals surface area contributed by atoms with Crippen LogP contribution in [0.1, 0.15) is 20.3 Å². The van der Waals surface area contributed by atoms with Crippen LogP contribution >= 0.6 is 0 Å². The average molecular weight is 227 g/mol. The van der Waals surface area contributed by atoms with E-state index in [4.69, 9.17) is 0 Å². The van der Waals surface area contributed by atoms with Gasteiger partial charge in [-0.3, -0.25) is 0 Å². The largest absolute Gasteiger partial charge is 0.411 e. The number of hydrogen-bond donors (Lipinski definition) is 1. The molecule has 3 unspecified atom stereocenters. The number of oxime groups is 1. The van der Waals surface area contributed by atoms with Gasteiger partial charge in [-0.15, -0.1) is 0 Å². The molecule has 0 bridgehead atoms. The zero-order valence-electron chi connectivity index (χ0n) is 10.2. The van der Waals surface area contributed by atoms with Crippen molar-refractivity contribution in [3.63, 3.8) is 0 Å². The quantitative estimate of drug-likeness (QED) is 0.499. The lowest BCUT2D eigenvalue weighted by Crippen LogP contribution is -2.29. The first-order valence-electron chi connectivity index (χ1n) is 6.17. The van der Waals surface area contributed by atoms with Crippen molar-refractivity contribution < 1.29 is 5.21 Å². The van der Waals surface area contributed by atoms with Gasteiger partial charge in [-0.05, 0) is 30.4 Å². The number of nitrogens with zero attached hydrogens (tertiary/aromatic N) is 1. The molecule has 0 fully saturated rings. The fourth-order valence-electron chi connectivity index (χ4n) is 3.28. The standard InChI is InChI=1S/C15H17NO/c1-10-6-7-11-12(9-10)14(16-17)15(2)8-4-3-5-13(11)15/h3-8,10,13,17H,9H2,1-2H3. The van der Waals surface area contributed by atoms with E-state index in [1.165, 1.54) is 11.1 Å². The van der Waals surface area contributed by atoms with Crippen molar-refractivity contribution in [1.82, 2.24) is 0 Å². The first kappa shape index (κ1) is 10.6. The second kappa shape index (κ2) is 3.46. The molecule has 3 aliphatic carbocycles. The normalized spacial score (nSPS) is 40.9. The smallest absolute Gasteiger partial charge is 0.0936 e. The molecule has 0 amide bonds. The molecule has 0 saturated carbocycles. The predicted molar refractivity (Wildman–Crippen MR) is 69.0 cm³/mol. The monoisotopic (exact) mass is 227 g/mol. The molecule has 0 aliphatic heterocycles. The Balaban J connectivity index is 2.16. The molecule has 3 rings (SSSR count). The van der Waals surface area contributed by atoms with Gasteiger partial charge in [0.15, 0.2) is 0 Å². The molecule has 88 valence electrons. The van der Waals surface area contributed by atoms with Gasteiger partial charge in [0.25, 0.3) is 0 Å². The Hall–Kier alpha value is -1.57. The molecule has 1 N–H and O–H groups in total. The molecule has 0 saturated heterocycles. The van der Waals surface area contributed by atoms with Gasteiger partial charge in [-0.1, -0.05) is 48.5 Å². The zero-order valence-corrected chi connectivity index (χ0v) is 10.2. The highest BCUT2D eigenvalue weighted by Gasteiger charge is 2.47. The van der Waals surface area contributed by atoms with E-state index >= 15 is 0 Å². The molecule has 0 aromatic carbocycles. The van der Waals surface area contributed by atoms with E-state index < -0.39 is 0 Å². The molecular formula is C15H17NO. The van der Waals surface area contributed by atoms with Crippen LogP contribution in [0, 0.1) is 17.3 Å². The Morgan fingerprint density at radius 1 is 1.35 bits per heavy atom. The van der Waals surface area contributed by atoms with Gasteiger partial charge >= 0.3 is 0 Å². The highest BCUT2D eigenvalue weighted by atomic mass is 16.4. The topological polar surface area (TPSA) is 32.6 Å². The fourth-order valence-corrected chi connectivity index (χ4v) is 3.28. The predicted octanol–water partition coefficient (Wildman–Crippen LogP) is 3.47. The molecule has 3 aliphatic rings. The first-order valence-corrected chi connectivity index (χ1v) is 6.17. The summed E-state index contributed by atoms with van der Waals surface area (Å²) in [5.41, 5.74) is 3.27. The van der Waals surface area contributed by atoms with Crippen LogP contribution < -0.4 is 0 Å². The third kappa shape index (κ3) is 1.30. The summed E-state index contributed by atoms with van der Waals surface area (Å²) >= 11 is 0. The van der Waals surface area contributed by atoms with Gasteiger partial charge in [0.2, 0.25) is 0 Å². The summed E-state index contributed by atoms with van der Waals surface area (Å²) in [5, 5.41) is 13.0. The van der Waals surface area contributed by atoms with Crippen molar-refractivity contribution in [2.24, 2.45) is 22.4 Å². The Labute approximate surface area is 102 Å². The Kier molecular flexibility index (Phi) is 2.15. The fraction of sp³-hybridized carbons (Fsp3) is 0.400. The Morgan fingerprint density at radius 2 is 2.18 bits per heavy atom. The van der Waals surface area contributed by atoms with Crippen molar-refractivity contribution in [1.29, 1.82) is 0 Å². The molecule has 0 spiro atoms. The average Bonchev–Trinajstić information content (AvgIpc) is 2.56. The maximum Gasteiger partial charge on any atom is 0.0936 e. The molecule has 0 aromatic heterocycles. The van der Waals surface area contributed by atoms with Crippen LogP contribution in [0.15, 0.2) is 52.8 Å². The maximum absolute atomic E-state index is 9.37. The van der Waals surface area contributed by atoms with Gasteiger partial charge in [0.05, 0.1) is 5.71 Å². The lowest BCUT2D eigenvalue weighted by Gasteiger charge is -2.29. The minimum atomic E-state index is -0.164. The van der Waals surface area contributed by atoms with Crippen LogP contribution in [0.3, 0.4) is 0 Å². The van der Waals surface area contributed by atoms with Crippen LogP contribution in [0.5, 0.6) is 0 Å². The van der Waals surface area contributed by atoms with Crippen molar-refractivity contribution in [2.45, 2.75) is 20.3 Å². The number of rotatable bonds is 0. The Morgan fingerprint density at radius 3 is 2.94 bits per heavy atom. The third-order valence-electron chi connectivity index (χ3n) is 4.21. The van der Waals surface area contributed by atoms with Crippen LogP contribution in [0.25, 0.3) is 0 Å². The Bertz CT molecular complexity index is 507. The van der Waals surface area contributed by atoms with Crippen molar-refractivity contribution in [2.75, 3.05) is 0 Å². The van der Waals surface area contributed by atoms with Crippen molar-refractivity contribution >= 4 is 5.71 Å². The second-order valence-electron chi connectivity index (χ2n) is 5.43. The minimum absolute atomic E-state index is 0.164. The molecule has 2 heteroatoms. The van der Waals surface area contributed by atoms with Gasteiger partial charge in [0, 0.05) is 11.3 Å². The van der Waals surface area contributed by atoms with Gasteiger partial charge in [-0.25, -0.2) is 0 Å². The van der Waals surface area contributed by atoms with Crippen LogP contribution in [-0.4, -0.2) is 10.9 Å². The summed E-state index contributed by atoms with van der Waals surface area (Å²) in [5.74, 6) is 0.861. The highest BCUT2D eigenvalue weighted by Crippen LogP contribution is 2.51. The molecule has 0 radical (unpaired) electrons. The van der Waals surface area contributed by atoms with Crippen LogP contribution in [0.4, 0.5) is 0 Å². The summed E-state index contributed by atoms with van der Waals surface area (Å²) in [4.78, 5) is 0. The van der Waals surface area contributed by atoms with Crippen LogP contribution in [0.2, 0.25) is 0 Å². The third-order valence-corrected chi connectivity index (χ3v) is 4.21. The summed E-state index contributed by atoms with van der Waals surface area (Å²) in [6, 6.07) is 0. The molecule has 3 atom stereocenters. The van der Waals surface area contributed by atoms with E-state index in [1.807, 2.05) is 6.08 Å². The minimum Gasteiger partial charge on any atom is -0.411 e. The maximum atomic E-state index is 9.37. The molecule has 0 heterocycles. The van der Waals surface area contributed by atoms with E-state index in [-0.39, 0.29) is 5.41 Å². The summed E-state index contributed by atoms with van der Waals surface area (Å²) in [6.45, 7) is 4.36. The van der Waals surface area contributed by atoms with E-state index in [9.17, 15) is 5.21 Å². The number of fused-ring (bicyclic) bond motifs is 2. The van der Waals surface area contributed by atoms with Gasteiger partial charge in [0.1, 0.15) is 0 Å². The molecule has 0 aromatic rings. The molecule has 17 heavy (non-hydrogen) atoms.